The van der Waals surface area contributed by atoms with Crippen molar-refractivity contribution in [3.8, 4) is 0 Å². The second kappa shape index (κ2) is 8.39. The van der Waals surface area contributed by atoms with Gasteiger partial charge in [-0.05, 0) is 44.0 Å². The topological polar surface area (TPSA) is 105 Å². The molecule has 1 heterocycles. The summed E-state index contributed by atoms with van der Waals surface area (Å²) in [7, 11) is 0. The van der Waals surface area contributed by atoms with E-state index in [1.165, 1.54) is 6.92 Å². The fourth-order valence-corrected chi connectivity index (χ4v) is 2.87. The third-order valence-corrected chi connectivity index (χ3v) is 4.78. The number of ether oxygens (including phenoxy) is 1. The van der Waals surface area contributed by atoms with E-state index in [1.807, 2.05) is 0 Å². The van der Waals surface area contributed by atoms with Gasteiger partial charge in [-0.1, -0.05) is 25.4 Å². The predicted octanol–water partition coefficient (Wildman–Crippen LogP) is 2.32. The zero-order valence-electron chi connectivity index (χ0n) is 15.4. The Balaban J connectivity index is 1.92. The Morgan fingerprint density at radius 3 is 2.33 bits per heavy atom. The predicted molar refractivity (Wildman–Crippen MR) is 99.2 cm³/mol. The summed E-state index contributed by atoms with van der Waals surface area (Å²) >= 11 is 5.78. The second-order valence-corrected chi connectivity index (χ2v) is 6.68. The number of hydrogen-bond acceptors (Lipinski definition) is 5. The lowest BCUT2D eigenvalue weighted by Crippen LogP contribution is -2.46. The molecule has 1 aliphatic rings. The van der Waals surface area contributed by atoms with Gasteiger partial charge in [0.15, 0.2) is 6.10 Å². The van der Waals surface area contributed by atoms with Crippen LogP contribution in [0.25, 0.3) is 0 Å². The maximum Gasteiger partial charge on any atom is 0.327 e. The van der Waals surface area contributed by atoms with Crippen LogP contribution in [-0.2, 0) is 19.1 Å². The Bertz CT molecular complexity index is 746. The van der Waals surface area contributed by atoms with E-state index in [4.69, 9.17) is 16.3 Å². The van der Waals surface area contributed by atoms with Crippen molar-refractivity contribution in [1.29, 1.82) is 0 Å². The van der Waals surface area contributed by atoms with Crippen LogP contribution in [0.4, 0.5) is 10.5 Å². The highest BCUT2D eigenvalue weighted by Gasteiger charge is 2.49. The van der Waals surface area contributed by atoms with Crippen LogP contribution in [0, 0.1) is 0 Å². The smallest absolute Gasteiger partial charge is 0.327 e. The number of nitrogens with one attached hydrogen (secondary N) is 2. The van der Waals surface area contributed by atoms with Gasteiger partial charge >= 0.3 is 12.0 Å². The van der Waals surface area contributed by atoms with E-state index in [-0.39, 0.29) is 0 Å². The van der Waals surface area contributed by atoms with Gasteiger partial charge < -0.3 is 15.4 Å². The van der Waals surface area contributed by atoms with Gasteiger partial charge in [0.2, 0.25) is 0 Å². The number of rotatable bonds is 7. The Labute approximate surface area is 162 Å². The molecule has 0 bridgehead atoms. The lowest BCUT2D eigenvalue weighted by atomic mass is 9.93. The van der Waals surface area contributed by atoms with E-state index >= 15 is 0 Å². The first-order valence-electron chi connectivity index (χ1n) is 8.62. The van der Waals surface area contributed by atoms with Crippen molar-refractivity contribution in [1.82, 2.24) is 10.2 Å². The lowest BCUT2D eigenvalue weighted by molar-refractivity contribution is -0.155. The molecule has 1 aromatic carbocycles. The molecule has 0 radical (unpaired) electrons. The van der Waals surface area contributed by atoms with Crippen molar-refractivity contribution >= 4 is 41.1 Å². The molecule has 1 saturated heterocycles. The van der Waals surface area contributed by atoms with Gasteiger partial charge in [0.05, 0.1) is 0 Å². The number of imide groups is 1. The van der Waals surface area contributed by atoms with Crippen LogP contribution < -0.4 is 10.6 Å². The van der Waals surface area contributed by atoms with E-state index in [2.05, 4.69) is 10.6 Å². The molecule has 8 nitrogen and oxygen atoms in total. The molecule has 27 heavy (non-hydrogen) atoms. The van der Waals surface area contributed by atoms with E-state index in [0.717, 1.165) is 4.90 Å². The maximum atomic E-state index is 12.5. The van der Waals surface area contributed by atoms with E-state index in [0.29, 0.717) is 23.6 Å². The van der Waals surface area contributed by atoms with Crippen LogP contribution in [0.2, 0.25) is 5.02 Å². The molecule has 2 rings (SSSR count). The average molecular weight is 396 g/mol. The third-order valence-electron chi connectivity index (χ3n) is 4.53. The van der Waals surface area contributed by atoms with Crippen molar-refractivity contribution in [2.45, 2.75) is 45.3 Å². The summed E-state index contributed by atoms with van der Waals surface area (Å²) in [6.07, 6.45) is -0.268. The Morgan fingerprint density at radius 1 is 1.22 bits per heavy atom. The van der Waals surface area contributed by atoms with Crippen molar-refractivity contribution < 1.29 is 23.9 Å². The summed E-state index contributed by atoms with van der Waals surface area (Å²) in [6, 6.07) is 5.80. The van der Waals surface area contributed by atoms with Crippen molar-refractivity contribution in [3.63, 3.8) is 0 Å². The van der Waals surface area contributed by atoms with Gasteiger partial charge in [0.1, 0.15) is 12.1 Å². The number of nitrogens with zero attached hydrogens (tertiary/aromatic N) is 1. The Hall–Kier alpha value is -2.61. The minimum absolute atomic E-state index is 0.416. The standard InChI is InChI=1S/C18H22ClN3O5/c1-4-18(5-2)16(25)22(17(26)21-18)10-14(23)27-11(3)15(24)20-13-8-6-12(19)7-9-13/h6-9,11H,4-5,10H2,1-3H3,(H,20,24)(H,21,26). The Morgan fingerprint density at radius 2 is 1.81 bits per heavy atom. The number of amides is 4. The lowest BCUT2D eigenvalue weighted by Gasteiger charge is -2.23. The van der Waals surface area contributed by atoms with Crippen LogP contribution in [0.5, 0.6) is 0 Å². The number of urea groups is 1. The summed E-state index contributed by atoms with van der Waals surface area (Å²) in [5, 5.41) is 5.73. The zero-order chi connectivity index (χ0) is 20.2. The molecule has 4 amide bonds. The van der Waals surface area contributed by atoms with Crippen molar-refractivity contribution in [3.05, 3.63) is 29.3 Å². The van der Waals surface area contributed by atoms with Gasteiger partial charge in [-0.15, -0.1) is 0 Å². The summed E-state index contributed by atoms with van der Waals surface area (Å²) in [5.74, 6) is -1.85. The molecule has 0 spiro atoms. The first kappa shape index (κ1) is 20.7. The number of halogens is 1. The van der Waals surface area contributed by atoms with Gasteiger partial charge in [-0.2, -0.15) is 0 Å². The number of hydrogen-bond donors (Lipinski definition) is 2. The number of esters is 1. The quantitative estimate of drug-likeness (QED) is 0.544. The average Bonchev–Trinajstić information content (AvgIpc) is 2.88. The molecule has 146 valence electrons. The first-order chi connectivity index (χ1) is 12.7. The molecule has 1 aliphatic heterocycles. The molecule has 2 N–H and O–H groups in total. The van der Waals surface area contributed by atoms with Crippen LogP contribution in [0.1, 0.15) is 33.6 Å². The highest BCUT2D eigenvalue weighted by Crippen LogP contribution is 2.24. The molecule has 1 atom stereocenters. The molecule has 0 aliphatic carbocycles. The third kappa shape index (κ3) is 4.57. The summed E-state index contributed by atoms with van der Waals surface area (Å²) in [5.41, 5.74) is -0.494. The van der Waals surface area contributed by atoms with E-state index in [9.17, 15) is 19.2 Å². The first-order valence-corrected chi connectivity index (χ1v) is 9.00. The highest BCUT2D eigenvalue weighted by molar-refractivity contribution is 6.30. The monoisotopic (exact) mass is 395 g/mol. The number of anilines is 1. The SMILES string of the molecule is CCC1(CC)NC(=O)N(CC(=O)OC(C)C(=O)Nc2ccc(Cl)cc2)C1=O. The van der Waals surface area contributed by atoms with Crippen LogP contribution in [0.3, 0.4) is 0 Å². The van der Waals surface area contributed by atoms with Crippen molar-refractivity contribution in [2.24, 2.45) is 0 Å². The maximum absolute atomic E-state index is 12.5. The fourth-order valence-electron chi connectivity index (χ4n) is 2.74. The van der Waals surface area contributed by atoms with E-state index < -0.39 is 42.0 Å². The number of benzene rings is 1. The van der Waals surface area contributed by atoms with Crippen LogP contribution in [-0.4, -0.2) is 46.9 Å². The minimum Gasteiger partial charge on any atom is -0.451 e. The van der Waals surface area contributed by atoms with Gasteiger partial charge in [-0.25, -0.2) is 4.79 Å². The van der Waals surface area contributed by atoms with Crippen molar-refractivity contribution in [2.75, 3.05) is 11.9 Å². The molecule has 0 saturated carbocycles. The van der Waals surface area contributed by atoms with Crippen LogP contribution >= 0.6 is 11.6 Å². The zero-order valence-corrected chi connectivity index (χ0v) is 16.1. The van der Waals surface area contributed by atoms with Crippen LogP contribution in [0.15, 0.2) is 24.3 Å². The molecule has 1 unspecified atom stereocenters. The molecule has 1 aromatic rings. The normalized spacial score (nSPS) is 16.7. The van der Waals surface area contributed by atoms with Gasteiger partial charge in [0, 0.05) is 10.7 Å². The Kier molecular flexibility index (Phi) is 6.43. The summed E-state index contributed by atoms with van der Waals surface area (Å²) in [6.45, 7) is 4.42. The fraction of sp³-hybridized carbons (Fsp3) is 0.444. The molecular weight excluding hydrogens is 374 g/mol. The molecule has 1 fully saturated rings. The molecular formula is C18H22ClN3O5. The van der Waals surface area contributed by atoms with Gasteiger partial charge in [0.25, 0.3) is 11.8 Å². The molecule has 0 aromatic heterocycles. The summed E-state index contributed by atoms with van der Waals surface area (Å²) < 4.78 is 5.05. The molecule has 9 heteroatoms. The van der Waals surface area contributed by atoms with Gasteiger partial charge in [-0.3, -0.25) is 19.3 Å². The summed E-state index contributed by atoms with van der Waals surface area (Å²) in [4.78, 5) is 49.5. The number of carbonyl (C=O) groups is 4. The largest absolute Gasteiger partial charge is 0.451 e. The highest BCUT2D eigenvalue weighted by atomic mass is 35.5. The van der Waals surface area contributed by atoms with E-state index in [1.54, 1.807) is 38.1 Å². The minimum atomic E-state index is -1.10. The second-order valence-electron chi connectivity index (χ2n) is 6.24. The number of carbonyl (C=O) groups excluding carboxylic acids is 4.